The normalized spacial score (nSPS) is 11.4. The third-order valence-electron chi connectivity index (χ3n) is 2.83. The lowest BCUT2D eigenvalue weighted by atomic mass is 10.4. The summed E-state index contributed by atoms with van der Waals surface area (Å²) in [5.74, 6) is 0.477. The third kappa shape index (κ3) is 6.86. The first kappa shape index (κ1) is 18.4. The van der Waals surface area contributed by atoms with Crippen molar-refractivity contribution in [2.24, 2.45) is 4.99 Å². The van der Waals surface area contributed by atoms with E-state index in [2.05, 4.69) is 32.9 Å². The van der Waals surface area contributed by atoms with Crippen LogP contribution in [0.15, 0.2) is 4.99 Å². The van der Waals surface area contributed by atoms with E-state index in [0.717, 1.165) is 17.2 Å². The van der Waals surface area contributed by atoms with Crippen LogP contribution in [0, 0.1) is 13.8 Å². The molecule has 1 aromatic heterocycles. The van der Waals surface area contributed by atoms with Gasteiger partial charge in [0.2, 0.25) is 5.91 Å². The molecule has 1 rings (SSSR count). The molecule has 0 aliphatic rings. The third-order valence-corrected chi connectivity index (χ3v) is 3.91. The molecule has 1 heterocycles. The first-order valence-electron chi connectivity index (χ1n) is 7.27. The Labute approximate surface area is 135 Å². The number of aliphatic imine (C=N–C) groups is 1. The first-order valence-corrected chi connectivity index (χ1v) is 8.09. The van der Waals surface area contributed by atoms with Crippen molar-refractivity contribution in [1.82, 2.24) is 20.9 Å². The molecule has 0 radical (unpaired) electrons. The molecular weight excluding hydrogens is 302 g/mol. The molecule has 0 aliphatic carbocycles. The van der Waals surface area contributed by atoms with Gasteiger partial charge in [-0.2, -0.15) is 0 Å². The molecule has 1 amide bonds. The van der Waals surface area contributed by atoms with Gasteiger partial charge in [-0.05, 0) is 20.8 Å². The number of ether oxygens (including phenoxy) is 1. The van der Waals surface area contributed by atoms with Crippen LogP contribution in [-0.2, 0) is 16.1 Å². The number of carbonyl (C=O) groups excluding carboxylic acids is 1. The minimum Gasteiger partial charge on any atom is -0.383 e. The van der Waals surface area contributed by atoms with Crippen LogP contribution in [0.5, 0.6) is 0 Å². The molecule has 0 atom stereocenters. The van der Waals surface area contributed by atoms with Gasteiger partial charge in [-0.1, -0.05) is 0 Å². The molecule has 3 N–H and O–H groups in total. The summed E-state index contributed by atoms with van der Waals surface area (Å²) in [5, 5.41) is 10.0. The van der Waals surface area contributed by atoms with Crippen molar-refractivity contribution >= 4 is 23.2 Å². The second-order valence-electron chi connectivity index (χ2n) is 4.64. The van der Waals surface area contributed by atoms with E-state index in [1.807, 2.05) is 13.8 Å². The molecule has 7 nitrogen and oxygen atoms in total. The zero-order valence-electron chi connectivity index (χ0n) is 13.7. The Kier molecular flexibility index (Phi) is 8.46. The van der Waals surface area contributed by atoms with Gasteiger partial charge in [0.1, 0.15) is 11.6 Å². The van der Waals surface area contributed by atoms with E-state index in [0.29, 0.717) is 25.7 Å². The van der Waals surface area contributed by atoms with Gasteiger partial charge in [-0.3, -0.25) is 4.79 Å². The van der Waals surface area contributed by atoms with E-state index in [1.165, 1.54) is 4.88 Å². The van der Waals surface area contributed by atoms with E-state index in [9.17, 15) is 4.79 Å². The summed E-state index contributed by atoms with van der Waals surface area (Å²) in [7, 11) is 1.60. The number of methoxy groups -OCH3 is 1. The van der Waals surface area contributed by atoms with Crippen LogP contribution in [0.25, 0.3) is 0 Å². The van der Waals surface area contributed by atoms with Crippen molar-refractivity contribution in [3.8, 4) is 0 Å². The van der Waals surface area contributed by atoms with Crippen LogP contribution < -0.4 is 16.0 Å². The van der Waals surface area contributed by atoms with Crippen LogP contribution in [0.4, 0.5) is 0 Å². The molecule has 0 saturated heterocycles. The van der Waals surface area contributed by atoms with Crippen LogP contribution in [-0.4, -0.2) is 50.2 Å². The average Bonchev–Trinajstić information content (AvgIpc) is 2.81. The Morgan fingerprint density at radius 2 is 2.09 bits per heavy atom. The summed E-state index contributed by atoms with van der Waals surface area (Å²) in [6, 6.07) is 0. The number of hydrogen-bond donors (Lipinski definition) is 3. The fraction of sp³-hybridized carbons (Fsp3) is 0.643. The molecular formula is C14H25N5O2S. The van der Waals surface area contributed by atoms with Crippen LogP contribution in [0.3, 0.4) is 0 Å². The van der Waals surface area contributed by atoms with Crippen molar-refractivity contribution in [2.45, 2.75) is 27.3 Å². The van der Waals surface area contributed by atoms with Gasteiger partial charge in [-0.25, -0.2) is 9.98 Å². The highest BCUT2D eigenvalue weighted by Gasteiger charge is 2.05. The summed E-state index contributed by atoms with van der Waals surface area (Å²) in [6.07, 6.45) is 0. The number of guanidine groups is 1. The smallest absolute Gasteiger partial charge is 0.241 e. The molecule has 1 aromatic rings. The second-order valence-corrected chi connectivity index (χ2v) is 5.93. The topological polar surface area (TPSA) is 87.6 Å². The summed E-state index contributed by atoms with van der Waals surface area (Å²) in [5.41, 5.74) is 1.06. The van der Waals surface area contributed by atoms with Crippen LogP contribution in [0.1, 0.15) is 22.5 Å². The van der Waals surface area contributed by atoms with Crippen molar-refractivity contribution in [3.05, 3.63) is 15.6 Å². The van der Waals surface area contributed by atoms with Gasteiger partial charge < -0.3 is 20.7 Å². The number of carbonyl (C=O) groups is 1. The number of hydrogen-bond acceptors (Lipinski definition) is 5. The average molecular weight is 327 g/mol. The van der Waals surface area contributed by atoms with Gasteiger partial charge in [0.05, 0.1) is 18.8 Å². The quantitative estimate of drug-likeness (QED) is 0.369. The minimum absolute atomic E-state index is 0.0783. The molecule has 0 bridgehead atoms. The molecule has 22 heavy (non-hydrogen) atoms. The number of aromatic nitrogens is 1. The Balaban J connectivity index is 2.46. The van der Waals surface area contributed by atoms with Crippen molar-refractivity contribution in [2.75, 3.05) is 33.4 Å². The predicted octanol–water partition coefficient (Wildman–Crippen LogP) is 0.578. The monoisotopic (exact) mass is 327 g/mol. The van der Waals surface area contributed by atoms with Gasteiger partial charge in [0.15, 0.2) is 5.96 Å². The molecule has 0 aliphatic heterocycles. The van der Waals surface area contributed by atoms with Crippen molar-refractivity contribution < 1.29 is 9.53 Å². The maximum Gasteiger partial charge on any atom is 0.241 e. The van der Waals surface area contributed by atoms with Gasteiger partial charge >= 0.3 is 0 Å². The maximum atomic E-state index is 11.6. The second kappa shape index (κ2) is 10.1. The standard InChI is InChI=1S/C14H25N5O2S/c1-5-15-14(17-8-12(20)16-6-7-21-4)18-9-13-19-10(2)11(3)22-13/h5-9H2,1-4H3,(H,16,20)(H2,15,17,18). The summed E-state index contributed by atoms with van der Waals surface area (Å²) >= 11 is 1.66. The van der Waals surface area contributed by atoms with Gasteiger partial charge in [0, 0.05) is 25.1 Å². The zero-order chi connectivity index (χ0) is 16.4. The van der Waals surface area contributed by atoms with E-state index in [1.54, 1.807) is 18.4 Å². The highest BCUT2D eigenvalue weighted by Crippen LogP contribution is 2.15. The Hall–Kier alpha value is -1.67. The number of rotatable bonds is 8. The molecule has 0 fully saturated rings. The number of amides is 1. The lowest BCUT2D eigenvalue weighted by molar-refractivity contribution is -0.119. The SMILES string of the molecule is CCNC(=NCC(=O)NCCOC)NCc1nc(C)c(C)s1. The van der Waals surface area contributed by atoms with E-state index < -0.39 is 0 Å². The Bertz CT molecular complexity index is 482. The minimum atomic E-state index is -0.129. The van der Waals surface area contributed by atoms with Crippen LogP contribution in [0.2, 0.25) is 0 Å². The van der Waals surface area contributed by atoms with E-state index in [4.69, 9.17) is 4.74 Å². The lowest BCUT2D eigenvalue weighted by Crippen LogP contribution is -2.38. The molecule has 0 aromatic carbocycles. The molecule has 0 unspecified atom stereocenters. The maximum absolute atomic E-state index is 11.6. The first-order chi connectivity index (χ1) is 10.6. The van der Waals surface area contributed by atoms with Crippen LogP contribution >= 0.6 is 11.3 Å². The molecule has 124 valence electrons. The van der Waals surface area contributed by atoms with Crippen molar-refractivity contribution in [1.29, 1.82) is 0 Å². The highest BCUT2D eigenvalue weighted by atomic mass is 32.1. The lowest BCUT2D eigenvalue weighted by Gasteiger charge is -2.10. The Morgan fingerprint density at radius 1 is 1.32 bits per heavy atom. The van der Waals surface area contributed by atoms with E-state index >= 15 is 0 Å². The predicted molar refractivity (Wildman–Crippen MR) is 89.3 cm³/mol. The fourth-order valence-corrected chi connectivity index (χ4v) is 2.49. The molecule has 8 heteroatoms. The van der Waals surface area contributed by atoms with Gasteiger partial charge in [-0.15, -0.1) is 11.3 Å². The van der Waals surface area contributed by atoms with Gasteiger partial charge in [0.25, 0.3) is 0 Å². The number of thiazole rings is 1. The number of nitrogens with zero attached hydrogens (tertiary/aromatic N) is 2. The zero-order valence-corrected chi connectivity index (χ0v) is 14.5. The highest BCUT2D eigenvalue weighted by molar-refractivity contribution is 7.11. The number of aryl methyl sites for hydroxylation is 2. The summed E-state index contributed by atoms with van der Waals surface area (Å²) in [4.78, 5) is 21.6. The Morgan fingerprint density at radius 3 is 2.68 bits per heavy atom. The number of nitrogens with one attached hydrogen (secondary N) is 3. The van der Waals surface area contributed by atoms with E-state index in [-0.39, 0.29) is 12.5 Å². The molecule has 0 saturated carbocycles. The summed E-state index contributed by atoms with van der Waals surface area (Å²) in [6.45, 7) is 8.42. The van der Waals surface area contributed by atoms with Crippen molar-refractivity contribution in [3.63, 3.8) is 0 Å². The summed E-state index contributed by atoms with van der Waals surface area (Å²) < 4.78 is 4.87. The molecule has 0 spiro atoms. The largest absolute Gasteiger partial charge is 0.383 e. The fourth-order valence-electron chi connectivity index (χ4n) is 1.62.